The third kappa shape index (κ3) is 3.71. The van der Waals surface area contributed by atoms with Crippen molar-refractivity contribution in [2.45, 2.75) is 13.3 Å². The van der Waals surface area contributed by atoms with Crippen LogP contribution in [0.1, 0.15) is 22.8 Å². The largest absolute Gasteiger partial charge is 0.336 e. The Kier molecular flexibility index (Phi) is 5.26. The summed E-state index contributed by atoms with van der Waals surface area (Å²) in [5, 5.41) is 4.80. The molecule has 0 atom stereocenters. The molecule has 0 unspecified atom stereocenters. The van der Waals surface area contributed by atoms with Crippen molar-refractivity contribution in [2.24, 2.45) is 0 Å². The van der Waals surface area contributed by atoms with Gasteiger partial charge in [-0.15, -0.1) is 0 Å². The molecule has 2 aromatic carbocycles. The zero-order chi connectivity index (χ0) is 19.5. The second kappa shape index (κ2) is 7.98. The van der Waals surface area contributed by atoms with Crippen molar-refractivity contribution in [3.63, 3.8) is 0 Å². The summed E-state index contributed by atoms with van der Waals surface area (Å²) in [7, 11) is 2.09. The summed E-state index contributed by atoms with van der Waals surface area (Å²) in [6, 6.07) is 18.3. The topological polar surface area (TPSA) is 41.4 Å². The van der Waals surface area contributed by atoms with Gasteiger partial charge in [-0.05, 0) is 31.2 Å². The van der Waals surface area contributed by atoms with Crippen LogP contribution in [0, 0.1) is 0 Å². The van der Waals surface area contributed by atoms with E-state index < -0.39 is 0 Å². The number of hydrogen-bond donors (Lipinski definition) is 0. The number of rotatable bonds is 4. The lowest BCUT2D eigenvalue weighted by Crippen LogP contribution is -2.47. The number of aromatic nitrogens is 2. The molecule has 3 aromatic rings. The molecule has 2 heterocycles. The summed E-state index contributed by atoms with van der Waals surface area (Å²) < 4.78 is 1.81. The van der Waals surface area contributed by atoms with Crippen LogP contribution in [0.25, 0.3) is 16.9 Å². The average molecular weight is 374 g/mol. The highest BCUT2D eigenvalue weighted by molar-refractivity contribution is 6.00. The molecule has 5 heteroatoms. The van der Waals surface area contributed by atoms with Crippen LogP contribution in [0.3, 0.4) is 0 Å². The molecule has 4 rings (SSSR count). The zero-order valence-electron chi connectivity index (χ0n) is 16.5. The van der Waals surface area contributed by atoms with Crippen LogP contribution >= 0.6 is 0 Å². The van der Waals surface area contributed by atoms with Gasteiger partial charge in [0.05, 0.1) is 11.3 Å². The predicted octanol–water partition coefficient (Wildman–Crippen LogP) is 3.49. The first kappa shape index (κ1) is 18.4. The molecule has 0 N–H and O–H groups in total. The van der Waals surface area contributed by atoms with Crippen molar-refractivity contribution in [2.75, 3.05) is 33.2 Å². The monoisotopic (exact) mass is 374 g/mol. The van der Waals surface area contributed by atoms with Crippen molar-refractivity contribution in [3.8, 4) is 16.9 Å². The summed E-state index contributed by atoms with van der Waals surface area (Å²) in [6.45, 7) is 5.44. The van der Waals surface area contributed by atoms with Gasteiger partial charge in [0.25, 0.3) is 5.91 Å². The molecule has 28 heavy (non-hydrogen) atoms. The molecule has 0 radical (unpaired) electrons. The van der Waals surface area contributed by atoms with E-state index in [0.717, 1.165) is 49.5 Å². The first-order valence-corrected chi connectivity index (χ1v) is 9.88. The number of amides is 1. The molecule has 0 spiro atoms. The van der Waals surface area contributed by atoms with E-state index in [-0.39, 0.29) is 5.91 Å². The van der Waals surface area contributed by atoms with Crippen LogP contribution in [-0.2, 0) is 6.42 Å². The van der Waals surface area contributed by atoms with Crippen molar-refractivity contribution in [1.82, 2.24) is 19.6 Å². The van der Waals surface area contributed by atoms with Crippen molar-refractivity contribution >= 4 is 5.91 Å². The Bertz CT molecular complexity index is 938. The smallest absolute Gasteiger partial charge is 0.257 e. The van der Waals surface area contributed by atoms with Crippen molar-refractivity contribution in [1.29, 1.82) is 0 Å². The molecule has 1 saturated heterocycles. The van der Waals surface area contributed by atoms with Crippen LogP contribution in [0.4, 0.5) is 0 Å². The maximum Gasteiger partial charge on any atom is 0.257 e. The number of likely N-dealkylation sites (N-methyl/N-ethyl adjacent to an activating group) is 1. The highest BCUT2D eigenvalue weighted by Crippen LogP contribution is 2.26. The Morgan fingerprint density at radius 1 is 0.964 bits per heavy atom. The van der Waals surface area contributed by atoms with E-state index in [2.05, 4.69) is 43.1 Å². The van der Waals surface area contributed by atoms with E-state index in [1.807, 2.05) is 46.1 Å². The van der Waals surface area contributed by atoms with E-state index >= 15 is 0 Å². The minimum Gasteiger partial charge on any atom is -0.336 e. The Morgan fingerprint density at radius 2 is 1.64 bits per heavy atom. The first-order valence-electron chi connectivity index (χ1n) is 9.88. The first-order chi connectivity index (χ1) is 13.7. The normalized spacial score (nSPS) is 15.0. The maximum absolute atomic E-state index is 13.3. The summed E-state index contributed by atoms with van der Waals surface area (Å²) >= 11 is 0. The number of piperazine rings is 1. The summed E-state index contributed by atoms with van der Waals surface area (Å²) in [6.07, 6.45) is 2.87. The molecule has 1 aromatic heterocycles. The van der Waals surface area contributed by atoms with Gasteiger partial charge in [-0.2, -0.15) is 5.10 Å². The van der Waals surface area contributed by atoms with Gasteiger partial charge in [-0.3, -0.25) is 4.79 Å². The van der Waals surface area contributed by atoms with E-state index in [0.29, 0.717) is 5.56 Å². The zero-order valence-corrected chi connectivity index (χ0v) is 16.5. The lowest BCUT2D eigenvalue weighted by atomic mass is 10.0. The molecule has 0 bridgehead atoms. The predicted molar refractivity (Wildman–Crippen MR) is 112 cm³/mol. The number of carbonyl (C=O) groups excluding carboxylic acids is 1. The minimum atomic E-state index is 0.0600. The molecule has 0 saturated carbocycles. The lowest BCUT2D eigenvalue weighted by Gasteiger charge is -2.32. The minimum absolute atomic E-state index is 0.0600. The average Bonchev–Trinajstić information content (AvgIpc) is 3.20. The molecule has 1 aliphatic heterocycles. The van der Waals surface area contributed by atoms with Crippen LogP contribution in [0.15, 0.2) is 60.8 Å². The lowest BCUT2D eigenvalue weighted by molar-refractivity contribution is 0.0665. The molecular formula is C23H26N4O. The molecule has 144 valence electrons. The van der Waals surface area contributed by atoms with Crippen LogP contribution in [-0.4, -0.2) is 58.7 Å². The van der Waals surface area contributed by atoms with Gasteiger partial charge in [0.2, 0.25) is 0 Å². The molecule has 5 nitrogen and oxygen atoms in total. The van der Waals surface area contributed by atoms with Crippen LogP contribution in [0.2, 0.25) is 0 Å². The molecule has 1 aliphatic rings. The van der Waals surface area contributed by atoms with E-state index in [4.69, 9.17) is 5.10 Å². The van der Waals surface area contributed by atoms with Crippen LogP contribution in [0.5, 0.6) is 0 Å². The van der Waals surface area contributed by atoms with Crippen LogP contribution < -0.4 is 0 Å². The summed E-state index contributed by atoms with van der Waals surface area (Å²) in [4.78, 5) is 17.5. The highest BCUT2D eigenvalue weighted by Gasteiger charge is 2.25. The number of para-hydroxylation sites is 1. The third-order valence-electron chi connectivity index (χ3n) is 5.39. The van der Waals surface area contributed by atoms with Gasteiger partial charge in [0, 0.05) is 37.9 Å². The fourth-order valence-electron chi connectivity index (χ4n) is 3.53. The van der Waals surface area contributed by atoms with E-state index in [9.17, 15) is 4.79 Å². The second-order valence-corrected chi connectivity index (χ2v) is 7.32. The van der Waals surface area contributed by atoms with E-state index in [1.165, 1.54) is 5.56 Å². The SMILES string of the molecule is CCc1ccc(-c2nn(-c3ccccc3)cc2C(=O)N2CCN(C)CC2)cc1. The highest BCUT2D eigenvalue weighted by atomic mass is 16.2. The number of benzene rings is 2. The van der Waals surface area contributed by atoms with Gasteiger partial charge in [0.15, 0.2) is 0 Å². The molecule has 0 aliphatic carbocycles. The number of carbonyl (C=O) groups is 1. The van der Waals surface area contributed by atoms with Gasteiger partial charge in [0.1, 0.15) is 5.69 Å². The number of nitrogens with zero attached hydrogens (tertiary/aromatic N) is 4. The number of hydrogen-bond acceptors (Lipinski definition) is 3. The molecular weight excluding hydrogens is 348 g/mol. The Balaban J connectivity index is 1.74. The molecule has 1 fully saturated rings. The maximum atomic E-state index is 13.3. The van der Waals surface area contributed by atoms with Gasteiger partial charge in [-0.1, -0.05) is 49.4 Å². The Labute approximate surface area is 166 Å². The fourth-order valence-corrected chi connectivity index (χ4v) is 3.53. The van der Waals surface area contributed by atoms with E-state index in [1.54, 1.807) is 0 Å². The van der Waals surface area contributed by atoms with Crippen molar-refractivity contribution < 1.29 is 4.79 Å². The number of aryl methyl sites for hydroxylation is 1. The fraction of sp³-hybridized carbons (Fsp3) is 0.304. The Morgan fingerprint density at radius 3 is 2.29 bits per heavy atom. The standard InChI is InChI=1S/C23H26N4O/c1-3-18-9-11-19(12-10-18)22-21(23(28)26-15-13-25(2)14-16-26)17-27(24-22)20-7-5-4-6-8-20/h4-12,17H,3,13-16H2,1-2H3. The van der Waals surface area contributed by atoms with Gasteiger partial charge < -0.3 is 9.80 Å². The third-order valence-corrected chi connectivity index (χ3v) is 5.39. The Hall–Kier alpha value is -2.92. The second-order valence-electron chi connectivity index (χ2n) is 7.32. The quantitative estimate of drug-likeness (QED) is 0.702. The van der Waals surface area contributed by atoms with Crippen molar-refractivity contribution in [3.05, 3.63) is 71.9 Å². The molecule has 1 amide bonds. The summed E-state index contributed by atoms with van der Waals surface area (Å²) in [5.74, 6) is 0.0600. The van der Waals surface area contributed by atoms with Gasteiger partial charge in [-0.25, -0.2) is 4.68 Å². The summed E-state index contributed by atoms with van der Waals surface area (Å²) in [5.41, 5.74) is 4.61. The van der Waals surface area contributed by atoms with Gasteiger partial charge >= 0.3 is 0 Å².